The second-order valence-electron chi connectivity index (χ2n) is 6.43. The molecule has 0 aliphatic carbocycles. The molecule has 2 heterocycles. The van der Waals surface area contributed by atoms with Crippen molar-refractivity contribution in [1.29, 1.82) is 0 Å². The fraction of sp³-hybridized carbons (Fsp3) is 0.421. The van der Waals surface area contributed by atoms with Crippen LogP contribution >= 0.6 is 11.3 Å². The summed E-state index contributed by atoms with van der Waals surface area (Å²) < 4.78 is 37.5. The Bertz CT molecular complexity index is 858. The summed E-state index contributed by atoms with van der Waals surface area (Å²) in [5.74, 6) is 1.25. The van der Waals surface area contributed by atoms with E-state index >= 15 is 0 Å². The molecule has 0 spiro atoms. The van der Waals surface area contributed by atoms with Gasteiger partial charge < -0.3 is 14.8 Å². The molecule has 1 amide bonds. The fourth-order valence-electron chi connectivity index (χ4n) is 3.06. The van der Waals surface area contributed by atoms with E-state index in [9.17, 15) is 13.2 Å². The number of methoxy groups -OCH3 is 1. The van der Waals surface area contributed by atoms with E-state index in [2.05, 4.69) is 5.32 Å². The van der Waals surface area contributed by atoms with Gasteiger partial charge >= 0.3 is 0 Å². The van der Waals surface area contributed by atoms with Crippen molar-refractivity contribution < 1.29 is 22.7 Å². The number of ether oxygens (including phenoxy) is 2. The van der Waals surface area contributed by atoms with Gasteiger partial charge in [0.1, 0.15) is 22.3 Å². The van der Waals surface area contributed by atoms with Gasteiger partial charge in [-0.1, -0.05) is 6.07 Å². The third-order valence-corrected chi connectivity index (χ3v) is 7.92. The van der Waals surface area contributed by atoms with Crippen LogP contribution in [-0.2, 0) is 14.8 Å². The van der Waals surface area contributed by atoms with E-state index < -0.39 is 10.0 Å². The normalized spacial score (nSPS) is 15.9. The molecule has 1 aliphatic heterocycles. The first-order valence-electron chi connectivity index (χ1n) is 9.09. The van der Waals surface area contributed by atoms with E-state index in [0.717, 1.165) is 5.75 Å². The van der Waals surface area contributed by atoms with Crippen LogP contribution in [0.25, 0.3) is 0 Å². The van der Waals surface area contributed by atoms with E-state index in [0.29, 0.717) is 49.0 Å². The molecule has 1 aliphatic rings. The van der Waals surface area contributed by atoms with Crippen molar-refractivity contribution in [2.24, 2.45) is 5.92 Å². The third-order valence-electron chi connectivity index (χ3n) is 4.64. The summed E-state index contributed by atoms with van der Waals surface area (Å²) in [6.45, 7) is 1.49. The molecule has 0 unspecified atom stereocenters. The third kappa shape index (κ3) is 5.03. The number of piperidine rings is 1. The number of amides is 1. The van der Waals surface area contributed by atoms with E-state index in [1.807, 2.05) is 24.3 Å². The highest BCUT2D eigenvalue weighted by Gasteiger charge is 2.32. The Kier molecular flexibility index (Phi) is 6.93. The molecule has 0 atom stereocenters. The van der Waals surface area contributed by atoms with Gasteiger partial charge in [-0.3, -0.25) is 4.79 Å². The quantitative estimate of drug-likeness (QED) is 0.658. The number of thiophene rings is 1. The Hall–Kier alpha value is -2.10. The average molecular weight is 425 g/mol. The molecule has 1 aromatic carbocycles. The van der Waals surface area contributed by atoms with Crippen molar-refractivity contribution >= 4 is 27.3 Å². The van der Waals surface area contributed by atoms with Gasteiger partial charge in [0.2, 0.25) is 5.91 Å². The van der Waals surface area contributed by atoms with Gasteiger partial charge in [0, 0.05) is 19.0 Å². The molecular weight excluding hydrogens is 400 g/mol. The Morgan fingerprint density at radius 2 is 1.86 bits per heavy atom. The Morgan fingerprint density at radius 3 is 2.46 bits per heavy atom. The van der Waals surface area contributed by atoms with Crippen molar-refractivity contribution in [1.82, 2.24) is 9.62 Å². The minimum Gasteiger partial charge on any atom is -0.497 e. The highest BCUT2D eigenvalue weighted by molar-refractivity contribution is 7.91. The molecule has 2 aromatic rings. The zero-order valence-corrected chi connectivity index (χ0v) is 17.3. The minimum absolute atomic E-state index is 0.0495. The first-order chi connectivity index (χ1) is 13.5. The van der Waals surface area contributed by atoms with Crippen LogP contribution in [0.15, 0.2) is 46.0 Å². The first kappa shape index (κ1) is 20.6. The number of nitrogens with zero attached hydrogens (tertiary/aromatic N) is 1. The highest BCUT2D eigenvalue weighted by Crippen LogP contribution is 2.26. The molecule has 9 heteroatoms. The molecule has 0 saturated carbocycles. The van der Waals surface area contributed by atoms with Gasteiger partial charge in [-0.05, 0) is 48.6 Å². The van der Waals surface area contributed by atoms with E-state index in [1.165, 1.54) is 15.6 Å². The monoisotopic (exact) mass is 424 g/mol. The summed E-state index contributed by atoms with van der Waals surface area (Å²) >= 11 is 1.21. The van der Waals surface area contributed by atoms with E-state index in [4.69, 9.17) is 9.47 Å². The van der Waals surface area contributed by atoms with Crippen LogP contribution in [0.2, 0.25) is 0 Å². The standard InChI is InChI=1S/C19H24N2O5S2/c1-25-16-4-6-17(7-5-16)26-13-10-20-19(22)15-8-11-21(12-9-15)28(23,24)18-3-2-14-27-18/h2-7,14-15H,8-13H2,1H3,(H,20,22). The number of hydrogen-bond donors (Lipinski definition) is 1. The lowest BCUT2D eigenvalue weighted by Gasteiger charge is -2.30. The topological polar surface area (TPSA) is 84.9 Å². The van der Waals surface area contributed by atoms with Crippen LogP contribution in [0.1, 0.15) is 12.8 Å². The number of carbonyl (C=O) groups is 1. The molecule has 1 fully saturated rings. The largest absolute Gasteiger partial charge is 0.497 e. The number of hydrogen-bond acceptors (Lipinski definition) is 6. The van der Waals surface area contributed by atoms with Crippen LogP contribution in [0, 0.1) is 5.92 Å². The van der Waals surface area contributed by atoms with Gasteiger partial charge in [0.15, 0.2) is 0 Å². The number of sulfonamides is 1. The highest BCUT2D eigenvalue weighted by atomic mass is 32.2. The molecule has 1 N–H and O–H groups in total. The maximum Gasteiger partial charge on any atom is 0.252 e. The second kappa shape index (κ2) is 9.40. The molecule has 1 aromatic heterocycles. The molecule has 0 radical (unpaired) electrons. The summed E-state index contributed by atoms with van der Waals surface area (Å²) in [7, 11) is -1.83. The van der Waals surface area contributed by atoms with Crippen molar-refractivity contribution in [2.45, 2.75) is 17.1 Å². The zero-order chi connectivity index (χ0) is 20.0. The first-order valence-corrected chi connectivity index (χ1v) is 11.4. The van der Waals surface area contributed by atoms with Crippen LogP contribution in [0.5, 0.6) is 11.5 Å². The summed E-state index contributed by atoms with van der Waals surface area (Å²) in [6, 6.07) is 10.6. The summed E-state index contributed by atoms with van der Waals surface area (Å²) in [4.78, 5) is 12.3. The maximum absolute atomic E-state index is 12.5. The van der Waals surface area contributed by atoms with Crippen LogP contribution in [0.4, 0.5) is 0 Å². The predicted molar refractivity (Wildman–Crippen MR) is 107 cm³/mol. The maximum atomic E-state index is 12.5. The van der Waals surface area contributed by atoms with Gasteiger partial charge in [-0.15, -0.1) is 11.3 Å². The van der Waals surface area contributed by atoms with Gasteiger partial charge in [-0.2, -0.15) is 4.31 Å². The number of nitrogens with one attached hydrogen (secondary N) is 1. The van der Waals surface area contributed by atoms with Gasteiger partial charge in [0.05, 0.1) is 13.7 Å². The molecule has 7 nitrogen and oxygen atoms in total. The smallest absolute Gasteiger partial charge is 0.252 e. The molecule has 28 heavy (non-hydrogen) atoms. The van der Waals surface area contributed by atoms with Crippen LogP contribution < -0.4 is 14.8 Å². The Balaban J connectivity index is 1.39. The van der Waals surface area contributed by atoms with Crippen molar-refractivity contribution in [3.8, 4) is 11.5 Å². The molecule has 3 rings (SSSR count). The molecular formula is C19H24N2O5S2. The van der Waals surface area contributed by atoms with E-state index in [-0.39, 0.29) is 11.8 Å². The summed E-state index contributed by atoms with van der Waals surface area (Å²) in [5.41, 5.74) is 0. The summed E-state index contributed by atoms with van der Waals surface area (Å²) in [5, 5.41) is 4.62. The minimum atomic E-state index is -3.43. The lowest BCUT2D eigenvalue weighted by atomic mass is 9.97. The second-order valence-corrected chi connectivity index (χ2v) is 9.54. The number of carbonyl (C=O) groups excluding carboxylic acids is 1. The van der Waals surface area contributed by atoms with Crippen molar-refractivity contribution in [3.63, 3.8) is 0 Å². The predicted octanol–water partition coefficient (Wildman–Crippen LogP) is 2.35. The summed E-state index contributed by atoms with van der Waals surface area (Å²) in [6.07, 6.45) is 1.05. The molecule has 152 valence electrons. The fourth-order valence-corrected chi connectivity index (χ4v) is 5.67. The lowest BCUT2D eigenvalue weighted by molar-refractivity contribution is -0.126. The molecule has 1 saturated heterocycles. The number of benzene rings is 1. The van der Waals surface area contributed by atoms with Crippen molar-refractivity contribution in [2.75, 3.05) is 33.4 Å². The van der Waals surface area contributed by atoms with Crippen LogP contribution in [0.3, 0.4) is 0 Å². The lowest BCUT2D eigenvalue weighted by Crippen LogP contribution is -2.43. The number of rotatable bonds is 8. The van der Waals surface area contributed by atoms with Crippen LogP contribution in [-0.4, -0.2) is 52.0 Å². The Labute approximate surface area is 169 Å². The SMILES string of the molecule is COc1ccc(OCCNC(=O)C2CCN(S(=O)(=O)c3cccs3)CC2)cc1. The Morgan fingerprint density at radius 1 is 1.18 bits per heavy atom. The van der Waals surface area contributed by atoms with Gasteiger partial charge in [0.25, 0.3) is 10.0 Å². The average Bonchev–Trinajstić information content (AvgIpc) is 3.27. The van der Waals surface area contributed by atoms with Gasteiger partial charge in [-0.25, -0.2) is 8.42 Å². The van der Waals surface area contributed by atoms with E-state index in [1.54, 1.807) is 24.6 Å². The van der Waals surface area contributed by atoms with Crippen molar-refractivity contribution in [3.05, 3.63) is 41.8 Å². The molecule has 0 bridgehead atoms. The zero-order valence-electron chi connectivity index (χ0n) is 15.7.